The molecule has 0 radical (unpaired) electrons. The Morgan fingerprint density at radius 3 is 2.57 bits per heavy atom. The molecule has 0 fully saturated rings. The van der Waals surface area contributed by atoms with Crippen LogP contribution in [-0.4, -0.2) is 24.9 Å². The predicted molar refractivity (Wildman–Crippen MR) is 76.0 cm³/mol. The van der Waals surface area contributed by atoms with Crippen LogP contribution in [0.2, 0.25) is 5.02 Å². The first-order chi connectivity index (χ1) is 9.73. The van der Waals surface area contributed by atoms with Gasteiger partial charge in [-0.1, -0.05) is 16.8 Å². The van der Waals surface area contributed by atoms with Crippen LogP contribution in [0.3, 0.4) is 0 Å². The third-order valence-corrected chi connectivity index (χ3v) is 5.25. The maximum Gasteiger partial charge on any atom is 0.243 e. The number of halogens is 2. The Balaban J connectivity index is 2.32. The van der Waals surface area contributed by atoms with E-state index in [9.17, 15) is 12.8 Å². The molecule has 0 saturated heterocycles. The Morgan fingerprint density at radius 2 is 2.05 bits per heavy atom. The summed E-state index contributed by atoms with van der Waals surface area (Å²) in [6.45, 7) is 3.56. The summed E-state index contributed by atoms with van der Waals surface area (Å²) < 4.78 is 44.2. The molecule has 2 rings (SSSR count). The van der Waals surface area contributed by atoms with Crippen molar-refractivity contribution >= 4 is 21.6 Å². The fraction of sp³-hybridized carbons (Fsp3) is 0.308. The molecule has 0 unspecified atom stereocenters. The van der Waals surface area contributed by atoms with E-state index in [4.69, 9.17) is 16.1 Å². The summed E-state index contributed by atoms with van der Waals surface area (Å²) in [5.74, 6) is -0.101. The molecule has 0 spiro atoms. The van der Waals surface area contributed by atoms with Crippen molar-refractivity contribution in [1.29, 1.82) is 0 Å². The number of benzene rings is 1. The van der Waals surface area contributed by atoms with Gasteiger partial charge >= 0.3 is 0 Å². The molecule has 0 aliphatic carbocycles. The molecule has 5 nitrogen and oxygen atoms in total. The highest BCUT2D eigenvalue weighted by Gasteiger charge is 2.24. The summed E-state index contributed by atoms with van der Waals surface area (Å²) in [6, 6.07) is 3.30. The standard InChI is InChI=1S/C13H14ClFN2O3S/c1-8-11(9(2)20-16-8)7-17(3)21(18,19)10-4-5-13(15)12(14)6-10/h4-6H,7H2,1-3H3. The quantitative estimate of drug-likeness (QED) is 0.863. The minimum absolute atomic E-state index is 0.0665. The molecule has 0 bridgehead atoms. The lowest BCUT2D eigenvalue weighted by molar-refractivity contribution is 0.390. The smallest absolute Gasteiger partial charge is 0.243 e. The van der Waals surface area contributed by atoms with Gasteiger partial charge in [0.05, 0.1) is 15.6 Å². The Morgan fingerprint density at radius 1 is 1.38 bits per heavy atom. The lowest BCUT2D eigenvalue weighted by Crippen LogP contribution is -2.27. The molecule has 2 aromatic rings. The number of hydrogen-bond acceptors (Lipinski definition) is 4. The van der Waals surface area contributed by atoms with Crippen molar-refractivity contribution in [3.63, 3.8) is 0 Å². The molecular weight excluding hydrogens is 319 g/mol. The zero-order valence-electron chi connectivity index (χ0n) is 11.7. The number of aromatic nitrogens is 1. The zero-order valence-corrected chi connectivity index (χ0v) is 13.3. The summed E-state index contributed by atoms with van der Waals surface area (Å²) in [4.78, 5) is -0.0665. The second-order valence-electron chi connectivity index (χ2n) is 4.64. The molecule has 0 aliphatic heterocycles. The predicted octanol–water partition coefficient (Wildman–Crippen LogP) is 2.90. The van der Waals surface area contributed by atoms with E-state index in [1.165, 1.54) is 13.1 Å². The summed E-state index contributed by atoms with van der Waals surface area (Å²) >= 11 is 5.63. The van der Waals surface area contributed by atoms with Crippen molar-refractivity contribution in [1.82, 2.24) is 9.46 Å². The number of aryl methyl sites for hydroxylation is 2. The van der Waals surface area contributed by atoms with Gasteiger partial charge in [0.1, 0.15) is 11.6 Å². The van der Waals surface area contributed by atoms with Gasteiger partial charge in [0.2, 0.25) is 10.0 Å². The molecule has 8 heteroatoms. The first kappa shape index (κ1) is 15.9. The molecule has 1 aromatic carbocycles. The van der Waals surface area contributed by atoms with E-state index < -0.39 is 15.8 Å². The van der Waals surface area contributed by atoms with Crippen LogP contribution in [0.1, 0.15) is 17.0 Å². The molecule has 1 heterocycles. The van der Waals surface area contributed by atoms with Crippen LogP contribution in [0.4, 0.5) is 4.39 Å². The third-order valence-electron chi connectivity index (χ3n) is 3.16. The first-order valence-electron chi connectivity index (χ1n) is 6.06. The molecule has 0 saturated carbocycles. The van der Waals surface area contributed by atoms with Crippen LogP contribution in [0.25, 0.3) is 0 Å². The van der Waals surface area contributed by atoms with Crippen LogP contribution in [0.15, 0.2) is 27.6 Å². The molecule has 0 aliphatic rings. The topological polar surface area (TPSA) is 63.4 Å². The number of rotatable bonds is 4. The number of nitrogens with zero attached hydrogens (tertiary/aromatic N) is 2. The molecule has 0 amide bonds. The highest BCUT2D eigenvalue weighted by Crippen LogP contribution is 2.24. The van der Waals surface area contributed by atoms with E-state index in [2.05, 4.69) is 5.16 Å². The second-order valence-corrected chi connectivity index (χ2v) is 7.09. The normalized spacial score (nSPS) is 12.1. The van der Waals surface area contributed by atoms with Crippen molar-refractivity contribution in [2.75, 3.05) is 7.05 Å². The Labute approximate surface area is 127 Å². The van der Waals surface area contributed by atoms with E-state index in [0.717, 1.165) is 16.4 Å². The molecule has 0 N–H and O–H groups in total. The van der Waals surface area contributed by atoms with Gasteiger partial charge in [0.25, 0.3) is 0 Å². The van der Waals surface area contributed by atoms with Crippen LogP contribution >= 0.6 is 11.6 Å². The second kappa shape index (κ2) is 5.75. The average Bonchev–Trinajstić information content (AvgIpc) is 2.73. The molecule has 0 atom stereocenters. The van der Waals surface area contributed by atoms with E-state index >= 15 is 0 Å². The minimum atomic E-state index is -3.78. The lowest BCUT2D eigenvalue weighted by Gasteiger charge is -2.17. The maximum absolute atomic E-state index is 13.1. The van der Waals surface area contributed by atoms with Gasteiger partial charge in [0, 0.05) is 19.2 Å². The highest BCUT2D eigenvalue weighted by atomic mass is 35.5. The van der Waals surface area contributed by atoms with Gasteiger partial charge < -0.3 is 4.52 Å². The highest BCUT2D eigenvalue weighted by molar-refractivity contribution is 7.89. The van der Waals surface area contributed by atoms with Crippen molar-refractivity contribution in [3.8, 4) is 0 Å². The summed E-state index contributed by atoms with van der Waals surface area (Å²) in [7, 11) is -2.35. The fourth-order valence-electron chi connectivity index (χ4n) is 1.85. The van der Waals surface area contributed by atoms with E-state index in [-0.39, 0.29) is 16.5 Å². The zero-order chi connectivity index (χ0) is 15.8. The van der Waals surface area contributed by atoms with E-state index in [1.54, 1.807) is 13.8 Å². The monoisotopic (exact) mass is 332 g/mol. The van der Waals surface area contributed by atoms with Crippen molar-refractivity contribution < 1.29 is 17.3 Å². The van der Waals surface area contributed by atoms with Gasteiger partial charge in [-0.15, -0.1) is 0 Å². The van der Waals surface area contributed by atoms with Gasteiger partial charge in [0.15, 0.2) is 0 Å². The van der Waals surface area contributed by atoms with Crippen LogP contribution in [0.5, 0.6) is 0 Å². The van der Waals surface area contributed by atoms with Crippen molar-refractivity contribution in [2.24, 2.45) is 0 Å². The Kier molecular flexibility index (Phi) is 4.36. The van der Waals surface area contributed by atoms with Crippen molar-refractivity contribution in [3.05, 3.63) is 46.1 Å². The molecule has 114 valence electrons. The van der Waals surface area contributed by atoms with Gasteiger partial charge in [-0.3, -0.25) is 0 Å². The van der Waals surface area contributed by atoms with E-state index in [0.29, 0.717) is 17.0 Å². The molecular formula is C13H14ClFN2O3S. The summed E-state index contributed by atoms with van der Waals surface area (Å²) in [6.07, 6.45) is 0. The maximum atomic E-state index is 13.1. The lowest BCUT2D eigenvalue weighted by atomic mass is 10.2. The average molecular weight is 333 g/mol. The number of hydrogen-bond donors (Lipinski definition) is 0. The van der Waals surface area contributed by atoms with Crippen molar-refractivity contribution in [2.45, 2.75) is 25.3 Å². The van der Waals surface area contributed by atoms with Crippen LogP contribution < -0.4 is 0 Å². The summed E-state index contributed by atoms with van der Waals surface area (Å²) in [5.41, 5.74) is 1.33. The molecule has 1 aromatic heterocycles. The van der Waals surface area contributed by atoms with Gasteiger partial charge in [-0.05, 0) is 32.0 Å². The fourth-order valence-corrected chi connectivity index (χ4v) is 3.26. The summed E-state index contributed by atoms with van der Waals surface area (Å²) in [5, 5.41) is 3.55. The Hall–Kier alpha value is -1.44. The SMILES string of the molecule is Cc1noc(C)c1CN(C)S(=O)(=O)c1ccc(F)c(Cl)c1. The minimum Gasteiger partial charge on any atom is -0.361 e. The van der Waals surface area contributed by atoms with E-state index in [1.807, 2.05) is 0 Å². The first-order valence-corrected chi connectivity index (χ1v) is 7.88. The van der Waals surface area contributed by atoms with Crippen LogP contribution in [0, 0.1) is 19.7 Å². The molecule has 21 heavy (non-hydrogen) atoms. The third kappa shape index (κ3) is 3.09. The largest absolute Gasteiger partial charge is 0.361 e. The van der Waals surface area contributed by atoms with Crippen LogP contribution in [-0.2, 0) is 16.6 Å². The van der Waals surface area contributed by atoms with Gasteiger partial charge in [-0.25, -0.2) is 12.8 Å². The van der Waals surface area contributed by atoms with Gasteiger partial charge in [-0.2, -0.15) is 4.31 Å². The number of sulfonamides is 1. The Bertz CT molecular complexity index is 754.